The fourth-order valence-corrected chi connectivity index (χ4v) is 5.74. The van der Waals surface area contributed by atoms with E-state index in [0.717, 1.165) is 40.7 Å². The second-order valence-corrected chi connectivity index (χ2v) is 9.43. The molecule has 2 bridgehead atoms. The Morgan fingerprint density at radius 3 is 2.59 bits per heavy atom. The summed E-state index contributed by atoms with van der Waals surface area (Å²) in [4.78, 5) is 19.2. The van der Waals surface area contributed by atoms with E-state index in [4.69, 9.17) is 0 Å². The van der Waals surface area contributed by atoms with E-state index in [2.05, 4.69) is 32.4 Å². The molecular weight excluding hydrogens is 398 g/mol. The lowest BCUT2D eigenvalue weighted by Gasteiger charge is -2.46. The van der Waals surface area contributed by atoms with Gasteiger partial charge in [-0.3, -0.25) is 14.4 Å². The standard InChI is InChI=1S/C26H29N5O/c1-30-25-11-9-18(12-19(25)15-27-30)26(32)29-20-10-8-17-13-21(28-24(17)14-20)16-31-22-4-2-5-23(31)7-3-6-22/h8-15,22-23,28H,2-7,16H2,1H3,(H,29,32). The third kappa shape index (κ3) is 3.48. The Labute approximate surface area is 187 Å². The van der Waals surface area contributed by atoms with Crippen molar-refractivity contribution in [1.82, 2.24) is 19.7 Å². The Hall–Kier alpha value is -3.12. The molecule has 6 heteroatoms. The Balaban J connectivity index is 1.20. The van der Waals surface area contributed by atoms with Crippen LogP contribution in [0.5, 0.6) is 0 Å². The van der Waals surface area contributed by atoms with Crippen LogP contribution < -0.4 is 5.32 Å². The van der Waals surface area contributed by atoms with Crippen LogP contribution in [0.1, 0.15) is 54.6 Å². The lowest BCUT2D eigenvalue weighted by molar-refractivity contribution is 0.0323. The van der Waals surface area contributed by atoms with Crippen molar-refractivity contribution in [2.45, 2.75) is 57.2 Å². The van der Waals surface area contributed by atoms with E-state index in [-0.39, 0.29) is 5.91 Å². The highest BCUT2D eigenvalue weighted by molar-refractivity contribution is 6.06. The lowest BCUT2D eigenvalue weighted by Crippen LogP contribution is -2.48. The summed E-state index contributed by atoms with van der Waals surface area (Å²) >= 11 is 0. The van der Waals surface area contributed by atoms with Crippen LogP contribution in [0, 0.1) is 0 Å². The molecule has 2 aliphatic rings. The molecule has 2 aromatic carbocycles. The van der Waals surface area contributed by atoms with E-state index in [1.54, 1.807) is 6.20 Å². The fourth-order valence-electron chi connectivity index (χ4n) is 5.74. The monoisotopic (exact) mass is 427 g/mol. The van der Waals surface area contributed by atoms with Crippen LogP contribution in [-0.4, -0.2) is 37.7 Å². The molecule has 0 radical (unpaired) electrons. The van der Waals surface area contributed by atoms with Crippen molar-refractivity contribution in [3.05, 3.63) is 59.9 Å². The molecule has 2 N–H and O–H groups in total. The molecule has 164 valence electrons. The number of aromatic amines is 1. The average Bonchev–Trinajstić information content (AvgIpc) is 3.35. The summed E-state index contributed by atoms with van der Waals surface area (Å²) < 4.78 is 1.81. The van der Waals surface area contributed by atoms with Gasteiger partial charge in [-0.05, 0) is 67.5 Å². The second-order valence-electron chi connectivity index (χ2n) is 9.43. The number of aromatic nitrogens is 3. The van der Waals surface area contributed by atoms with E-state index in [0.29, 0.717) is 5.56 Å². The van der Waals surface area contributed by atoms with Crippen molar-refractivity contribution in [1.29, 1.82) is 0 Å². The van der Waals surface area contributed by atoms with E-state index in [1.807, 2.05) is 42.1 Å². The number of nitrogens with zero attached hydrogens (tertiary/aromatic N) is 3. The second kappa shape index (κ2) is 7.78. The van der Waals surface area contributed by atoms with Crippen LogP contribution in [0.15, 0.2) is 48.7 Å². The highest BCUT2D eigenvalue weighted by Gasteiger charge is 2.33. The molecule has 6 nitrogen and oxygen atoms in total. The van der Waals surface area contributed by atoms with Crippen LogP contribution in [-0.2, 0) is 13.6 Å². The fraction of sp³-hybridized carbons (Fsp3) is 0.385. The van der Waals surface area contributed by atoms with E-state index < -0.39 is 0 Å². The normalized spacial score (nSPS) is 21.3. The van der Waals surface area contributed by atoms with Gasteiger partial charge in [-0.15, -0.1) is 0 Å². The summed E-state index contributed by atoms with van der Waals surface area (Å²) in [5.41, 5.74) is 4.79. The van der Waals surface area contributed by atoms with E-state index in [9.17, 15) is 4.79 Å². The van der Waals surface area contributed by atoms with Gasteiger partial charge in [0, 0.05) is 53.5 Å². The minimum atomic E-state index is -0.108. The van der Waals surface area contributed by atoms with E-state index >= 15 is 0 Å². The van der Waals surface area contributed by atoms with Crippen molar-refractivity contribution in [2.24, 2.45) is 7.05 Å². The van der Waals surface area contributed by atoms with Gasteiger partial charge >= 0.3 is 0 Å². The Bertz CT molecular complexity index is 1280. The number of piperidine rings is 2. The molecule has 0 saturated carbocycles. The molecule has 6 rings (SSSR count). The first-order chi connectivity index (χ1) is 15.6. The molecule has 1 amide bonds. The zero-order valence-corrected chi connectivity index (χ0v) is 18.5. The van der Waals surface area contributed by atoms with Crippen LogP contribution in [0.4, 0.5) is 5.69 Å². The van der Waals surface area contributed by atoms with Gasteiger partial charge in [0.1, 0.15) is 0 Å². The summed E-state index contributed by atoms with van der Waals surface area (Å²) in [6.45, 7) is 0.997. The number of nitrogens with one attached hydrogen (secondary N) is 2. The topological polar surface area (TPSA) is 66.0 Å². The first kappa shape index (κ1) is 19.6. The third-order valence-corrected chi connectivity index (χ3v) is 7.38. The number of H-pyrrole nitrogens is 1. The zero-order chi connectivity index (χ0) is 21.7. The van der Waals surface area contributed by atoms with Crippen molar-refractivity contribution in [2.75, 3.05) is 5.32 Å². The molecule has 2 aliphatic heterocycles. The predicted octanol–water partition coefficient (Wildman–Crippen LogP) is 5.21. The number of carbonyl (C=O) groups is 1. The highest BCUT2D eigenvalue weighted by Crippen LogP contribution is 2.35. The predicted molar refractivity (Wildman–Crippen MR) is 128 cm³/mol. The van der Waals surface area contributed by atoms with Gasteiger partial charge in [-0.2, -0.15) is 5.10 Å². The Morgan fingerprint density at radius 1 is 1.03 bits per heavy atom. The largest absolute Gasteiger partial charge is 0.357 e. The van der Waals surface area contributed by atoms with Gasteiger partial charge in [0.2, 0.25) is 0 Å². The van der Waals surface area contributed by atoms with Crippen LogP contribution in [0.25, 0.3) is 21.8 Å². The number of carbonyl (C=O) groups excluding carboxylic acids is 1. The molecule has 2 saturated heterocycles. The maximum Gasteiger partial charge on any atom is 0.255 e. The van der Waals surface area contributed by atoms with Crippen molar-refractivity contribution >= 4 is 33.4 Å². The smallest absolute Gasteiger partial charge is 0.255 e. The van der Waals surface area contributed by atoms with Crippen molar-refractivity contribution < 1.29 is 4.79 Å². The van der Waals surface area contributed by atoms with Gasteiger partial charge < -0.3 is 10.3 Å². The molecule has 0 aliphatic carbocycles. The van der Waals surface area contributed by atoms with Gasteiger partial charge in [-0.1, -0.05) is 18.9 Å². The quantitative estimate of drug-likeness (QED) is 0.470. The van der Waals surface area contributed by atoms with Crippen LogP contribution in [0.2, 0.25) is 0 Å². The minimum absolute atomic E-state index is 0.108. The molecule has 32 heavy (non-hydrogen) atoms. The highest BCUT2D eigenvalue weighted by atomic mass is 16.1. The zero-order valence-electron chi connectivity index (χ0n) is 18.5. The summed E-state index contributed by atoms with van der Waals surface area (Å²) in [5.74, 6) is -0.108. The lowest BCUT2D eigenvalue weighted by atomic mass is 9.84. The maximum absolute atomic E-state index is 12.8. The molecule has 4 aromatic rings. The molecule has 0 atom stereocenters. The average molecular weight is 428 g/mol. The van der Waals surface area contributed by atoms with Gasteiger partial charge in [0.05, 0.1) is 11.7 Å². The summed E-state index contributed by atoms with van der Waals surface area (Å²) in [6.07, 6.45) is 9.94. The number of fused-ring (bicyclic) bond motifs is 4. The first-order valence-electron chi connectivity index (χ1n) is 11.7. The number of amides is 1. The molecular formula is C26H29N5O. The van der Waals surface area contributed by atoms with Crippen LogP contribution in [0.3, 0.4) is 0 Å². The first-order valence-corrected chi connectivity index (χ1v) is 11.7. The maximum atomic E-state index is 12.8. The molecule has 2 fully saturated rings. The Morgan fingerprint density at radius 2 is 1.81 bits per heavy atom. The number of hydrogen-bond donors (Lipinski definition) is 2. The van der Waals surface area contributed by atoms with Crippen molar-refractivity contribution in [3.8, 4) is 0 Å². The number of hydrogen-bond acceptors (Lipinski definition) is 3. The number of rotatable bonds is 4. The third-order valence-electron chi connectivity index (χ3n) is 7.38. The number of benzene rings is 2. The van der Waals surface area contributed by atoms with Crippen LogP contribution >= 0.6 is 0 Å². The SMILES string of the molecule is Cn1ncc2cc(C(=O)Nc3ccc4cc(CN5C6CCCC5CCC6)[nH]c4c3)ccc21. The number of aryl methyl sites for hydroxylation is 1. The van der Waals surface area contributed by atoms with Gasteiger partial charge in [0.25, 0.3) is 5.91 Å². The summed E-state index contributed by atoms with van der Waals surface area (Å²) in [7, 11) is 1.90. The van der Waals surface area contributed by atoms with Gasteiger partial charge in [-0.25, -0.2) is 0 Å². The molecule has 4 heterocycles. The van der Waals surface area contributed by atoms with E-state index in [1.165, 1.54) is 49.6 Å². The molecule has 2 aromatic heterocycles. The Kier molecular flexibility index (Phi) is 4.76. The van der Waals surface area contributed by atoms with Gasteiger partial charge in [0.15, 0.2) is 0 Å². The summed E-state index contributed by atoms with van der Waals surface area (Å²) in [6, 6.07) is 15.5. The van der Waals surface area contributed by atoms with Crippen molar-refractivity contribution in [3.63, 3.8) is 0 Å². The summed E-state index contributed by atoms with van der Waals surface area (Å²) in [5, 5.41) is 9.46. The molecule has 0 spiro atoms. The minimum Gasteiger partial charge on any atom is -0.357 e. The number of anilines is 1. The molecule has 0 unspecified atom stereocenters.